The summed E-state index contributed by atoms with van der Waals surface area (Å²) < 4.78 is 0. The van der Waals surface area contributed by atoms with Crippen LogP contribution in [0, 0.1) is 5.41 Å². The fourth-order valence-corrected chi connectivity index (χ4v) is 0.751. The first-order chi connectivity index (χ1) is 5.39. The maximum Gasteiger partial charge on any atom is 0.237 e. The lowest BCUT2D eigenvalue weighted by molar-refractivity contribution is -0.124. The van der Waals surface area contributed by atoms with E-state index in [2.05, 4.69) is 5.32 Å². The molecule has 0 bridgehead atoms. The van der Waals surface area contributed by atoms with Crippen molar-refractivity contribution in [3.05, 3.63) is 0 Å². The zero-order chi connectivity index (χ0) is 9.78. The second kappa shape index (κ2) is 4.45. The van der Waals surface area contributed by atoms with Gasteiger partial charge in [-0.25, -0.2) is 0 Å². The number of hydrogen-bond donors (Lipinski definition) is 2. The van der Waals surface area contributed by atoms with E-state index in [4.69, 9.17) is 5.73 Å². The summed E-state index contributed by atoms with van der Waals surface area (Å²) in [6, 6.07) is -0.413. The van der Waals surface area contributed by atoms with E-state index in [1.807, 2.05) is 27.7 Å². The zero-order valence-electron chi connectivity index (χ0n) is 8.48. The van der Waals surface area contributed by atoms with Crippen LogP contribution in [0.1, 0.15) is 34.1 Å². The van der Waals surface area contributed by atoms with Gasteiger partial charge in [0, 0.05) is 6.54 Å². The van der Waals surface area contributed by atoms with Gasteiger partial charge in [0.2, 0.25) is 5.91 Å². The number of amides is 1. The smallest absolute Gasteiger partial charge is 0.237 e. The zero-order valence-corrected chi connectivity index (χ0v) is 8.48. The van der Waals surface area contributed by atoms with Crippen molar-refractivity contribution >= 4 is 5.91 Å². The van der Waals surface area contributed by atoms with E-state index in [1.165, 1.54) is 0 Å². The average molecular weight is 172 g/mol. The van der Waals surface area contributed by atoms with Crippen molar-refractivity contribution in [3.8, 4) is 0 Å². The Kier molecular flexibility index (Phi) is 4.24. The van der Waals surface area contributed by atoms with Gasteiger partial charge in [0.15, 0.2) is 0 Å². The largest absolute Gasteiger partial charge is 0.355 e. The van der Waals surface area contributed by atoms with Crippen LogP contribution in [0.5, 0.6) is 0 Å². The van der Waals surface area contributed by atoms with E-state index >= 15 is 0 Å². The van der Waals surface area contributed by atoms with Gasteiger partial charge in [-0.1, -0.05) is 27.7 Å². The fraction of sp³-hybridized carbons (Fsp3) is 0.889. The number of rotatable bonds is 3. The molecule has 0 heterocycles. The summed E-state index contributed by atoms with van der Waals surface area (Å²) >= 11 is 0. The first kappa shape index (κ1) is 11.4. The third-order valence-corrected chi connectivity index (χ3v) is 1.76. The first-order valence-corrected chi connectivity index (χ1v) is 4.43. The molecule has 1 unspecified atom stereocenters. The molecule has 1 amide bonds. The van der Waals surface area contributed by atoms with Gasteiger partial charge in [0.05, 0.1) is 6.04 Å². The maximum absolute atomic E-state index is 11.3. The lowest BCUT2D eigenvalue weighted by Gasteiger charge is -2.25. The number of nitrogens with two attached hydrogens (primary N) is 1. The summed E-state index contributed by atoms with van der Waals surface area (Å²) in [6.07, 6.45) is 0.947. The van der Waals surface area contributed by atoms with E-state index in [0.717, 1.165) is 6.42 Å². The van der Waals surface area contributed by atoms with Crippen LogP contribution in [0.2, 0.25) is 0 Å². The van der Waals surface area contributed by atoms with Crippen LogP contribution in [0.4, 0.5) is 0 Å². The van der Waals surface area contributed by atoms with Crippen molar-refractivity contribution in [2.45, 2.75) is 40.2 Å². The molecule has 0 aliphatic rings. The van der Waals surface area contributed by atoms with Crippen LogP contribution < -0.4 is 11.1 Å². The molecule has 1 atom stereocenters. The van der Waals surface area contributed by atoms with Gasteiger partial charge < -0.3 is 11.1 Å². The minimum absolute atomic E-state index is 0.0515. The third-order valence-electron chi connectivity index (χ3n) is 1.76. The van der Waals surface area contributed by atoms with Crippen LogP contribution in [0.25, 0.3) is 0 Å². The summed E-state index contributed by atoms with van der Waals surface area (Å²) in [5.74, 6) is -0.0515. The summed E-state index contributed by atoms with van der Waals surface area (Å²) in [5, 5.41) is 2.77. The Hall–Kier alpha value is -0.570. The molecule has 12 heavy (non-hydrogen) atoms. The molecule has 3 N–H and O–H groups in total. The quantitative estimate of drug-likeness (QED) is 0.664. The number of nitrogens with one attached hydrogen (secondary N) is 1. The Bertz CT molecular complexity index is 149. The molecule has 72 valence electrons. The van der Waals surface area contributed by atoms with Crippen molar-refractivity contribution in [3.63, 3.8) is 0 Å². The molecule has 0 radical (unpaired) electrons. The third kappa shape index (κ3) is 3.72. The standard InChI is InChI=1S/C9H20N2O/c1-5-6-11-8(12)7(10)9(2,3)4/h7H,5-6,10H2,1-4H3,(H,11,12). The highest BCUT2D eigenvalue weighted by atomic mass is 16.2. The first-order valence-electron chi connectivity index (χ1n) is 4.43. The molecule has 0 rings (SSSR count). The topological polar surface area (TPSA) is 55.1 Å². The summed E-state index contributed by atoms with van der Waals surface area (Å²) in [4.78, 5) is 11.3. The van der Waals surface area contributed by atoms with Gasteiger partial charge in [-0.15, -0.1) is 0 Å². The van der Waals surface area contributed by atoms with Crippen LogP contribution >= 0.6 is 0 Å². The predicted octanol–water partition coefficient (Wildman–Crippen LogP) is 0.886. The van der Waals surface area contributed by atoms with E-state index < -0.39 is 6.04 Å². The molecule has 0 saturated heterocycles. The lowest BCUT2D eigenvalue weighted by atomic mass is 9.87. The van der Waals surface area contributed by atoms with Gasteiger partial charge in [-0.3, -0.25) is 4.79 Å². The second-order valence-corrected chi connectivity index (χ2v) is 4.13. The van der Waals surface area contributed by atoms with Gasteiger partial charge >= 0.3 is 0 Å². The molecule has 0 spiro atoms. The summed E-state index contributed by atoms with van der Waals surface area (Å²) in [7, 11) is 0. The predicted molar refractivity (Wildman–Crippen MR) is 50.7 cm³/mol. The van der Waals surface area contributed by atoms with Crippen molar-refractivity contribution in [1.82, 2.24) is 5.32 Å². The highest BCUT2D eigenvalue weighted by molar-refractivity contribution is 5.82. The van der Waals surface area contributed by atoms with Crippen molar-refractivity contribution < 1.29 is 4.79 Å². The van der Waals surface area contributed by atoms with Crippen molar-refractivity contribution in [2.24, 2.45) is 11.1 Å². The molecule has 0 aromatic heterocycles. The van der Waals surface area contributed by atoms with Crippen LogP contribution in [0.3, 0.4) is 0 Å². The van der Waals surface area contributed by atoms with E-state index in [-0.39, 0.29) is 11.3 Å². The highest BCUT2D eigenvalue weighted by Gasteiger charge is 2.26. The highest BCUT2D eigenvalue weighted by Crippen LogP contribution is 2.16. The molecular formula is C9H20N2O. The Balaban J connectivity index is 3.94. The molecule has 3 heteroatoms. The molecule has 0 aliphatic carbocycles. The molecule has 0 aromatic rings. The Labute approximate surface area is 74.7 Å². The number of carbonyl (C=O) groups is 1. The molecule has 0 fully saturated rings. The maximum atomic E-state index is 11.3. The molecule has 0 aliphatic heterocycles. The van der Waals surface area contributed by atoms with Crippen LogP contribution in [-0.4, -0.2) is 18.5 Å². The van der Waals surface area contributed by atoms with Gasteiger partial charge in [-0.2, -0.15) is 0 Å². The Morgan fingerprint density at radius 2 is 2.00 bits per heavy atom. The fourth-order valence-electron chi connectivity index (χ4n) is 0.751. The molecular weight excluding hydrogens is 152 g/mol. The average Bonchev–Trinajstić information content (AvgIpc) is 1.97. The number of carbonyl (C=O) groups excluding carboxylic acids is 1. The van der Waals surface area contributed by atoms with Gasteiger partial charge in [-0.05, 0) is 11.8 Å². The lowest BCUT2D eigenvalue weighted by Crippen LogP contribution is -2.48. The van der Waals surface area contributed by atoms with E-state index in [0.29, 0.717) is 6.54 Å². The molecule has 0 saturated carbocycles. The summed E-state index contributed by atoms with van der Waals surface area (Å²) in [5.41, 5.74) is 5.57. The Morgan fingerprint density at radius 3 is 2.33 bits per heavy atom. The SMILES string of the molecule is CCCNC(=O)C(N)C(C)(C)C. The number of hydrogen-bond acceptors (Lipinski definition) is 2. The van der Waals surface area contributed by atoms with Crippen LogP contribution in [0.15, 0.2) is 0 Å². The summed E-state index contributed by atoms with van der Waals surface area (Å²) in [6.45, 7) is 8.61. The molecule has 3 nitrogen and oxygen atoms in total. The van der Waals surface area contributed by atoms with Crippen LogP contribution in [-0.2, 0) is 4.79 Å². The Morgan fingerprint density at radius 1 is 1.50 bits per heavy atom. The van der Waals surface area contributed by atoms with Gasteiger partial charge in [0.1, 0.15) is 0 Å². The minimum atomic E-state index is -0.413. The second-order valence-electron chi connectivity index (χ2n) is 4.13. The van der Waals surface area contributed by atoms with E-state index in [9.17, 15) is 4.79 Å². The monoisotopic (exact) mass is 172 g/mol. The van der Waals surface area contributed by atoms with Gasteiger partial charge in [0.25, 0.3) is 0 Å². The van der Waals surface area contributed by atoms with Crippen molar-refractivity contribution in [2.75, 3.05) is 6.54 Å². The molecule has 0 aromatic carbocycles. The van der Waals surface area contributed by atoms with Crippen molar-refractivity contribution in [1.29, 1.82) is 0 Å². The van der Waals surface area contributed by atoms with E-state index in [1.54, 1.807) is 0 Å². The normalized spacial score (nSPS) is 14.1. The minimum Gasteiger partial charge on any atom is -0.355 e.